The summed E-state index contributed by atoms with van der Waals surface area (Å²) in [5, 5.41) is 9.83. The summed E-state index contributed by atoms with van der Waals surface area (Å²) in [5.74, 6) is -0.785. The van der Waals surface area contributed by atoms with Gasteiger partial charge in [0, 0.05) is 6.42 Å². The molecule has 1 aromatic carbocycles. The minimum atomic E-state index is -0.975. The van der Waals surface area contributed by atoms with Crippen molar-refractivity contribution in [2.75, 3.05) is 6.61 Å². The lowest BCUT2D eigenvalue weighted by Crippen LogP contribution is -2.40. The van der Waals surface area contributed by atoms with Gasteiger partial charge in [0.15, 0.2) is 0 Å². The SMILES string of the molecule is O=C1CC(=O)O[C@H]([C@H](O)COCc2ccccc2)C1. The second-order valence-electron chi connectivity index (χ2n) is 4.52. The molecule has 19 heavy (non-hydrogen) atoms. The summed E-state index contributed by atoms with van der Waals surface area (Å²) in [7, 11) is 0. The minimum absolute atomic E-state index is 0.0279. The zero-order chi connectivity index (χ0) is 13.7. The number of rotatable bonds is 5. The van der Waals surface area contributed by atoms with Gasteiger partial charge in [0.05, 0.1) is 13.2 Å². The smallest absolute Gasteiger partial charge is 0.313 e. The second-order valence-corrected chi connectivity index (χ2v) is 4.52. The fourth-order valence-corrected chi connectivity index (χ4v) is 1.90. The van der Waals surface area contributed by atoms with Crippen LogP contribution in [0.2, 0.25) is 0 Å². The van der Waals surface area contributed by atoms with E-state index in [1.54, 1.807) is 0 Å². The first-order valence-corrected chi connectivity index (χ1v) is 6.16. The van der Waals surface area contributed by atoms with Crippen molar-refractivity contribution in [2.24, 2.45) is 0 Å². The number of cyclic esters (lactones) is 1. The van der Waals surface area contributed by atoms with Crippen LogP contribution in [-0.4, -0.2) is 35.7 Å². The first-order chi connectivity index (χ1) is 9.15. The number of carbonyl (C=O) groups excluding carboxylic acids is 2. The van der Waals surface area contributed by atoms with E-state index in [0.717, 1.165) is 5.56 Å². The number of hydrogen-bond donors (Lipinski definition) is 1. The predicted molar refractivity (Wildman–Crippen MR) is 66.2 cm³/mol. The van der Waals surface area contributed by atoms with Crippen molar-refractivity contribution >= 4 is 11.8 Å². The summed E-state index contributed by atoms with van der Waals surface area (Å²) in [6, 6.07) is 9.53. The van der Waals surface area contributed by atoms with Crippen molar-refractivity contribution < 1.29 is 24.2 Å². The van der Waals surface area contributed by atoms with Crippen LogP contribution < -0.4 is 0 Å². The van der Waals surface area contributed by atoms with Crippen molar-refractivity contribution in [3.05, 3.63) is 35.9 Å². The number of carbonyl (C=O) groups is 2. The summed E-state index contributed by atoms with van der Waals surface area (Å²) in [6.45, 7) is 0.395. The molecule has 0 spiro atoms. The molecule has 2 rings (SSSR count). The molecule has 0 aromatic heterocycles. The molecule has 1 aliphatic heterocycles. The van der Waals surface area contributed by atoms with Gasteiger partial charge in [-0.05, 0) is 5.56 Å². The molecule has 1 aliphatic rings. The molecule has 1 saturated heterocycles. The number of aliphatic hydroxyl groups is 1. The van der Waals surface area contributed by atoms with Gasteiger partial charge in [0.1, 0.15) is 24.4 Å². The maximum atomic E-state index is 11.2. The lowest BCUT2D eigenvalue weighted by molar-refractivity contribution is -0.167. The molecule has 0 aliphatic carbocycles. The van der Waals surface area contributed by atoms with E-state index in [0.29, 0.717) is 6.61 Å². The molecule has 0 radical (unpaired) electrons. The third kappa shape index (κ3) is 4.15. The van der Waals surface area contributed by atoms with Crippen molar-refractivity contribution in [2.45, 2.75) is 31.7 Å². The van der Waals surface area contributed by atoms with E-state index in [2.05, 4.69) is 0 Å². The van der Waals surface area contributed by atoms with E-state index in [4.69, 9.17) is 9.47 Å². The monoisotopic (exact) mass is 264 g/mol. The Balaban J connectivity index is 1.76. The summed E-state index contributed by atoms with van der Waals surface area (Å²) < 4.78 is 10.3. The highest BCUT2D eigenvalue weighted by Crippen LogP contribution is 2.15. The lowest BCUT2D eigenvalue weighted by atomic mass is 10.0. The third-order valence-electron chi connectivity index (χ3n) is 2.88. The Morgan fingerprint density at radius 1 is 1.32 bits per heavy atom. The van der Waals surface area contributed by atoms with Crippen LogP contribution in [0, 0.1) is 0 Å². The van der Waals surface area contributed by atoms with Gasteiger partial charge in [-0.25, -0.2) is 0 Å². The third-order valence-corrected chi connectivity index (χ3v) is 2.88. The molecule has 1 N–H and O–H groups in total. The Morgan fingerprint density at radius 3 is 2.74 bits per heavy atom. The Morgan fingerprint density at radius 2 is 2.05 bits per heavy atom. The molecule has 1 aromatic rings. The molecule has 2 atom stereocenters. The van der Waals surface area contributed by atoms with Gasteiger partial charge >= 0.3 is 5.97 Å². The van der Waals surface area contributed by atoms with Gasteiger partial charge in [-0.1, -0.05) is 30.3 Å². The van der Waals surface area contributed by atoms with Gasteiger partial charge in [0.2, 0.25) is 0 Å². The van der Waals surface area contributed by atoms with Crippen molar-refractivity contribution in [3.63, 3.8) is 0 Å². The van der Waals surface area contributed by atoms with E-state index in [-0.39, 0.29) is 25.2 Å². The van der Waals surface area contributed by atoms with Crippen LogP contribution >= 0.6 is 0 Å². The van der Waals surface area contributed by atoms with Crippen LogP contribution in [0.4, 0.5) is 0 Å². The van der Waals surface area contributed by atoms with E-state index < -0.39 is 18.2 Å². The Hall–Kier alpha value is -1.72. The molecular weight excluding hydrogens is 248 g/mol. The highest BCUT2D eigenvalue weighted by molar-refractivity contribution is 5.97. The van der Waals surface area contributed by atoms with E-state index >= 15 is 0 Å². The number of esters is 1. The fourth-order valence-electron chi connectivity index (χ4n) is 1.90. The fraction of sp³-hybridized carbons (Fsp3) is 0.429. The molecule has 5 heteroatoms. The normalized spacial score (nSPS) is 21.0. The molecule has 0 saturated carbocycles. The van der Waals surface area contributed by atoms with Gasteiger partial charge in [-0.15, -0.1) is 0 Å². The van der Waals surface area contributed by atoms with Crippen LogP contribution in [0.15, 0.2) is 30.3 Å². The van der Waals surface area contributed by atoms with E-state index in [1.807, 2.05) is 30.3 Å². The summed E-state index contributed by atoms with van der Waals surface area (Å²) >= 11 is 0. The maximum absolute atomic E-state index is 11.2. The summed E-state index contributed by atoms with van der Waals surface area (Å²) in [4.78, 5) is 22.3. The second kappa shape index (κ2) is 6.45. The van der Waals surface area contributed by atoms with E-state index in [9.17, 15) is 14.7 Å². The molecular formula is C14H16O5. The first-order valence-electron chi connectivity index (χ1n) is 6.16. The molecule has 0 bridgehead atoms. The standard InChI is InChI=1S/C14H16O5/c15-11-6-13(19-14(17)7-11)12(16)9-18-8-10-4-2-1-3-5-10/h1-5,12-13,16H,6-9H2/t12-,13+/m1/s1. The summed E-state index contributed by atoms with van der Waals surface area (Å²) in [6.07, 6.45) is -1.91. The number of ether oxygens (including phenoxy) is 2. The Kier molecular flexibility index (Phi) is 4.65. The molecule has 0 unspecified atom stereocenters. The number of Topliss-reactive ketones (excluding diaryl/α,β-unsaturated/α-hetero) is 1. The molecule has 1 fully saturated rings. The van der Waals surface area contributed by atoms with E-state index in [1.165, 1.54) is 0 Å². The van der Waals surface area contributed by atoms with Crippen LogP contribution in [-0.2, 0) is 25.7 Å². The molecule has 0 amide bonds. The zero-order valence-corrected chi connectivity index (χ0v) is 10.5. The molecule has 1 heterocycles. The maximum Gasteiger partial charge on any atom is 0.313 e. The van der Waals surface area contributed by atoms with Crippen molar-refractivity contribution in [1.29, 1.82) is 0 Å². The van der Waals surface area contributed by atoms with Gasteiger partial charge in [0.25, 0.3) is 0 Å². The summed E-state index contributed by atoms with van der Waals surface area (Å²) in [5.41, 5.74) is 0.992. The van der Waals surface area contributed by atoms with Crippen LogP contribution in [0.1, 0.15) is 18.4 Å². The predicted octanol–water partition coefficient (Wildman–Crippen LogP) is 0.839. The Bertz CT molecular complexity index is 426. The minimum Gasteiger partial charge on any atom is -0.459 e. The van der Waals surface area contributed by atoms with Gasteiger partial charge < -0.3 is 14.6 Å². The number of benzene rings is 1. The topological polar surface area (TPSA) is 72.8 Å². The van der Waals surface area contributed by atoms with Crippen LogP contribution in [0.5, 0.6) is 0 Å². The number of hydrogen-bond acceptors (Lipinski definition) is 5. The molecule has 5 nitrogen and oxygen atoms in total. The highest BCUT2D eigenvalue weighted by Gasteiger charge is 2.31. The largest absolute Gasteiger partial charge is 0.459 e. The van der Waals surface area contributed by atoms with Crippen molar-refractivity contribution in [1.82, 2.24) is 0 Å². The lowest BCUT2D eigenvalue weighted by Gasteiger charge is -2.25. The highest BCUT2D eigenvalue weighted by atomic mass is 16.6. The molecule has 102 valence electrons. The number of aliphatic hydroxyl groups excluding tert-OH is 1. The Labute approximate surface area is 111 Å². The van der Waals surface area contributed by atoms with Gasteiger partial charge in [-0.3, -0.25) is 9.59 Å². The van der Waals surface area contributed by atoms with Crippen LogP contribution in [0.25, 0.3) is 0 Å². The zero-order valence-electron chi connectivity index (χ0n) is 10.5. The quantitative estimate of drug-likeness (QED) is 0.630. The van der Waals surface area contributed by atoms with Gasteiger partial charge in [-0.2, -0.15) is 0 Å². The average Bonchev–Trinajstić information content (AvgIpc) is 2.38. The first kappa shape index (κ1) is 13.7. The van der Waals surface area contributed by atoms with Crippen LogP contribution in [0.3, 0.4) is 0 Å². The number of ketones is 1. The van der Waals surface area contributed by atoms with Crippen molar-refractivity contribution in [3.8, 4) is 0 Å². The average molecular weight is 264 g/mol.